The van der Waals surface area contributed by atoms with E-state index >= 15 is 0 Å². The molecule has 0 bridgehead atoms. The van der Waals surface area contributed by atoms with E-state index < -0.39 is 17.3 Å². The summed E-state index contributed by atoms with van der Waals surface area (Å²) < 4.78 is 18.8. The lowest BCUT2D eigenvalue weighted by Gasteiger charge is -2.01. The van der Waals surface area contributed by atoms with Crippen molar-refractivity contribution in [2.24, 2.45) is 0 Å². The van der Waals surface area contributed by atoms with Crippen molar-refractivity contribution in [2.45, 2.75) is 6.54 Å². The standard InChI is InChI=1S/C11H10FN3O3/c1-18-11(17)9-10(16)15(14-13-9)6-7-4-2-3-5-8(7)12/h2-5,14H,6H2,1H3. The molecule has 6 nitrogen and oxygen atoms in total. The summed E-state index contributed by atoms with van der Waals surface area (Å²) in [4.78, 5) is 22.9. The number of aromatic amines is 1. The maximum atomic E-state index is 13.4. The first-order valence-corrected chi connectivity index (χ1v) is 5.10. The van der Waals surface area contributed by atoms with E-state index in [1.807, 2.05) is 0 Å². The second-order valence-electron chi connectivity index (χ2n) is 3.53. The molecule has 2 rings (SSSR count). The van der Waals surface area contributed by atoms with Crippen LogP contribution in [0.4, 0.5) is 4.39 Å². The number of benzene rings is 1. The molecule has 0 aliphatic heterocycles. The summed E-state index contributed by atoms with van der Waals surface area (Å²) in [7, 11) is 1.15. The molecule has 0 spiro atoms. The molecule has 7 heteroatoms. The van der Waals surface area contributed by atoms with Crippen LogP contribution in [0.15, 0.2) is 29.1 Å². The molecule has 0 fully saturated rings. The zero-order valence-electron chi connectivity index (χ0n) is 9.51. The number of aromatic nitrogens is 3. The SMILES string of the molecule is COC(=O)c1n[nH]n(Cc2ccccc2F)c1=O. The number of nitrogens with zero attached hydrogens (tertiary/aromatic N) is 2. The molecule has 1 aromatic carbocycles. The molecule has 0 amide bonds. The summed E-state index contributed by atoms with van der Waals surface area (Å²) in [5.74, 6) is -1.26. The number of carbonyl (C=O) groups is 1. The van der Waals surface area contributed by atoms with Crippen molar-refractivity contribution in [1.82, 2.24) is 15.0 Å². The predicted molar refractivity (Wildman–Crippen MR) is 59.7 cm³/mol. The largest absolute Gasteiger partial charge is 0.464 e. The summed E-state index contributed by atoms with van der Waals surface area (Å²) in [5.41, 5.74) is -0.682. The Morgan fingerprint density at radius 2 is 2.22 bits per heavy atom. The van der Waals surface area contributed by atoms with Gasteiger partial charge in [0.1, 0.15) is 5.82 Å². The predicted octanol–water partition coefficient (Wildman–Crippen LogP) is 0.545. The second kappa shape index (κ2) is 4.82. The van der Waals surface area contributed by atoms with E-state index in [-0.39, 0.29) is 12.2 Å². The lowest BCUT2D eigenvalue weighted by atomic mass is 10.2. The molecular weight excluding hydrogens is 241 g/mol. The first-order valence-electron chi connectivity index (χ1n) is 5.10. The van der Waals surface area contributed by atoms with Crippen molar-refractivity contribution in [3.05, 3.63) is 51.7 Å². The molecular formula is C11H10FN3O3. The Morgan fingerprint density at radius 3 is 2.89 bits per heavy atom. The Morgan fingerprint density at radius 1 is 1.50 bits per heavy atom. The minimum Gasteiger partial charge on any atom is -0.464 e. The molecule has 0 aliphatic rings. The number of halogens is 1. The number of H-pyrrole nitrogens is 1. The summed E-state index contributed by atoms with van der Waals surface area (Å²) in [5, 5.41) is 5.89. The zero-order chi connectivity index (χ0) is 13.1. The molecule has 0 saturated heterocycles. The molecule has 18 heavy (non-hydrogen) atoms. The van der Waals surface area contributed by atoms with E-state index in [2.05, 4.69) is 15.0 Å². The average Bonchev–Trinajstić information content (AvgIpc) is 2.73. The van der Waals surface area contributed by atoms with Crippen LogP contribution in [0.3, 0.4) is 0 Å². The maximum Gasteiger partial charge on any atom is 0.364 e. The van der Waals surface area contributed by atoms with Crippen molar-refractivity contribution < 1.29 is 13.9 Å². The first-order chi connectivity index (χ1) is 8.63. The number of ether oxygens (including phenoxy) is 1. The van der Waals surface area contributed by atoms with Gasteiger partial charge in [-0.1, -0.05) is 18.2 Å². The minimum absolute atomic E-state index is 0.0322. The lowest BCUT2D eigenvalue weighted by molar-refractivity contribution is 0.0592. The third-order valence-electron chi connectivity index (χ3n) is 2.40. The number of hydrogen-bond donors (Lipinski definition) is 1. The van der Waals surface area contributed by atoms with Gasteiger partial charge in [-0.15, -0.1) is 5.10 Å². The van der Waals surface area contributed by atoms with Crippen LogP contribution in [0.25, 0.3) is 0 Å². The van der Waals surface area contributed by atoms with Gasteiger partial charge in [-0.05, 0) is 6.07 Å². The zero-order valence-corrected chi connectivity index (χ0v) is 9.51. The highest BCUT2D eigenvalue weighted by atomic mass is 19.1. The third kappa shape index (κ3) is 2.15. The number of hydrogen-bond acceptors (Lipinski definition) is 4. The van der Waals surface area contributed by atoms with E-state index in [1.54, 1.807) is 18.2 Å². The quantitative estimate of drug-likeness (QED) is 0.808. The fourth-order valence-electron chi connectivity index (χ4n) is 1.47. The Kier molecular flexibility index (Phi) is 3.22. The van der Waals surface area contributed by atoms with Crippen LogP contribution in [0.1, 0.15) is 16.1 Å². The summed E-state index contributed by atoms with van der Waals surface area (Å²) in [6, 6.07) is 6.04. The summed E-state index contributed by atoms with van der Waals surface area (Å²) in [6.07, 6.45) is 0. The molecule has 94 valence electrons. The second-order valence-corrected chi connectivity index (χ2v) is 3.53. The molecule has 1 N–H and O–H groups in total. The molecule has 1 heterocycles. The Bertz CT molecular complexity index is 632. The van der Waals surface area contributed by atoms with Crippen molar-refractivity contribution in [1.29, 1.82) is 0 Å². The highest BCUT2D eigenvalue weighted by molar-refractivity contribution is 5.86. The number of methoxy groups -OCH3 is 1. The van der Waals surface area contributed by atoms with Crippen LogP contribution < -0.4 is 5.56 Å². The summed E-state index contributed by atoms with van der Waals surface area (Å²) in [6.45, 7) is -0.0322. The number of carbonyl (C=O) groups excluding carboxylic acids is 1. The van der Waals surface area contributed by atoms with Crippen molar-refractivity contribution in [3.63, 3.8) is 0 Å². The van der Waals surface area contributed by atoms with Crippen molar-refractivity contribution >= 4 is 5.97 Å². The maximum absolute atomic E-state index is 13.4. The van der Waals surface area contributed by atoms with Crippen LogP contribution in [-0.2, 0) is 11.3 Å². The van der Waals surface area contributed by atoms with Gasteiger partial charge in [0.2, 0.25) is 5.69 Å². The van der Waals surface area contributed by atoms with Crippen molar-refractivity contribution in [3.8, 4) is 0 Å². The molecule has 0 saturated carbocycles. The molecule has 2 aromatic rings. The molecule has 0 aliphatic carbocycles. The fraction of sp³-hybridized carbons (Fsp3) is 0.182. The number of rotatable bonds is 3. The fourth-order valence-corrected chi connectivity index (χ4v) is 1.47. The van der Waals surface area contributed by atoms with Gasteiger partial charge in [0, 0.05) is 5.56 Å². The van der Waals surface area contributed by atoms with E-state index in [0.29, 0.717) is 5.56 Å². The van der Waals surface area contributed by atoms with Gasteiger partial charge in [-0.25, -0.2) is 19.1 Å². The van der Waals surface area contributed by atoms with Crippen molar-refractivity contribution in [2.75, 3.05) is 7.11 Å². The van der Waals surface area contributed by atoms with Crippen LogP contribution in [-0.4, -0.2) is 28.1 Å². The van der Waals surface area contributed by atoms with Crippen LogP contribution in [0, 0.1) is 5.82 Å². The first kappa shape index (κ1) is 12.0. The number of nitrogens with one attached hydrogen (secondary N) is 1. The van der Waals surface area contributed by atoms with Gasteiger partial charge in [-0.3, -0.25) is 4.79 Å². The number of esters is 1. The van der Waals surface area contributed by atoms with Gasteiger partial charge < -0.3 is 4.74 Å². The average molecular weight is 251 g/mol. The Balaban J connectivity index is 2.32. The van der Waals surface area contributed by atoms with Gasteiger partial charge in [-0.2, -0.15) is 0 Å². The Labute approximate surface area is 101 Å². The van der Waals surface area contributed by atoms with E-state index in [0.717, 1.165) is 11.8 Å². The van der Waals surface area contributed by atoms with Gasteiger partial charge in [0.25, 0.3) is 0 Å². The molecule has 1 aromatic heterocycles. The molecule has 0 unspecified atom stereocenters. The smallest absolute Gasteiger partial charge is 0.364 e. The van der Waals surface area contributed by atoms with Gasteiger partial charge in [0.15, 0.2) is 0 Å². The van der Waals surface area contributed by atoms with E-state index in [1.165, 1.54) is 6.07 Å². The molecule has 0 atom stereocenters. The third-order valence-corrected chi connectivity index (χ3v) is 2.40. The van der Waals surface area contributed by atoms with E-state index in [9.17, 15) is 14.0 Å². The minimum atomic E-state index is -0.830. The highest BCUT2D eigenvalue weighted by Gasteiger charge is 2.17. The monoisotopic (exact) mass is 251 g/mol. The van der Waals surface area contributed by atoms with Crippen LogP contribution in [0.5, 0.6) is 0 Å². The molecule has 0 radical (unpaired) electrons. The van der Waals surface area contributed by atoms with Gasteiger partial charge in [0.05, 0.1) is 13.7 Å². The highest BCUT2D eigenvalue weighted by Crippen LogP contribution is 2.06. The van der Waals surface area contributed by atoms with Crippen LogP contribution >= 0.6 is 0 Å². The van der Waals surface area contributed by atoms with E-state index in [4.69, 9.17) is 0 Å². The topological polar surface area (TPSA) is 77.0 Å². The lowest BCUT2D eigenvalue weighted by Crippen LogP contribution is -2.23. The Hall–Kier alpha value is -2.44. The normalized spacial score (nSPS) is 10.3. The van der Waals surface area contributed by atoms with Gasteiger partial charge >= 0.3 is 11.5 Å². The van der Waals surface area contributed by atoms with Crippen LogP contribution in [0.2, 0.25) is 0 Å². The summed E-state index contributed by atoms with van der Waals surface area (Å²) >= 11 is 0.